The fraction of sp³-hybridized carbons (Fsp3) is 0.355. The van der Waals surface area contributed by atoms with Gasteiger partial charge in [0.05, 0.1) is 18.6 Å². The highest BCUT2D eigenvalue weighted by Gasteiger charge is 2.34. The number of hydrogen-bond donors (Lipinski definition) is 1. The average molecular weight is 635 g/mol. The number of sulfonamides is 1. The van der Waals surface area contributed by atoms with E-state index in [1.807, 2.05) is 58.0 Å². The third-order valence-electron chi connectivity index (χ3n) is 6.24. The van der Waals surface area contributed by atoms with Crippen molar-refractivity contribution in [2.45, 2.75) is 52.2 Å². The van der Waals surface area contributed by atoms with E-state index in [1.54, 1.807) is 42.5 Å². The minimum atomic E-state index is -3.89. The number of amides is 2. The summed E-state index contributed by atoms with van der Waals surface area (Å²) in [6.07, 6.45) is 1.23. The Balaban J connectivity index is 2.08. The lowest BCUT2D eigenvalue weighted by atomic mass is 10.0. The fourth-order valence-corrected chi connectivity index (χ4v) is 5.65. The minimum absolute atomic E-state index is 0.0508. The second kappa shape index (κ2) is 14.3. The summed E-state index contributed by atoms with van der Waals surface area (Å²) in [6.45, 7) is 7.27. The quantitative estimate of drug-likeness (QED) is 0.275. The van der Waals surface area contributed by atoms with E-state index in [-0.39, 0.29) is 24.6 Å². The summed E-state index contributed by atoms with van der Waals surface area (Å²) < 4.78 is 32.4. The van der Waals surface area contributed by atoms with Crippen LogP contribution in [0.3, 0.4) is 0 Å². The summed E-state index contributed by atoms with van der Waals surface area (Å²) in [7, 11) is -3.89. The molecule has 0 bridgehead atoms. The van der Waals surface area contributed by atoms with E-state index in [0.29, 0.717) is 28.0 Å². The number of rotatable bonds is 12. The summed E-state index contributed by atoms with van der Waals surface area (Å²) in [4.78, 5) is 29.3. The van der Waals surface area contributed by atoms with Crippen LogP contribution in [0.25, 0.3) is 0 Å². The van der Waals surface area contributed by atoms with Crippen LogP contribution in [0.15, 0.2) is 72.8 Å². The lowest BCUT2D eigenvalue weighted by molar-refractivity contribution is -0.140. The van der Waals surface area contributed by atoms with Gasteiger partial charge in [-0.2, -0.15) is 0 Å². The van der Waals surface area contributed by atoms with Gasteiger partial charge in [-0.05, 0) is 75.2 Å². The molecule has 226 valence electrons. The normalized spacial score (nSPS) is 12.4. The Bertz CT molecular complexity index is 1480. The molecule has 0 saturated heterocycles. The molecule has 3 aromatic carbocycles. The predicted octanol–water partition coefficient (Wildman–Crippen LogP) is 5.71. The summed E-state index contributed by atoms with van der Waals surface area (Å²) in [5.74, 6) is -0.385. The molecule has 3 rings (SSSR count). The molecule has 0 radical (unpaired) electrons. The minimum Gasteiger partial charge on any atom is -0.494 e. The number of carbonyl (C=O) groups is 2. The van der Waals surface area contributed by atoms with E-state index < -0.39 is 34.1 Å². The van der Waals surface area contributed by atoms with Crippen LogP contribution >= 0.6 is 23.2 Å². The van der Waals surface area contributed by atoms with Gasteiger partial charge < -0.3 is 15.0 Å². The number of nitrogens with one attached hydrogen (secondary N) is 1. The Kier molecular flexibility index (Phi) is 11.3. The molecule has 0 aliphatic rings. The lowest BCUT2D eigenvalue weighted by Gasteiger charge is -2.35. The monoisotopic (exact) mass is 633 g/mol. The Morgan fingerprint density at radius 3 is 2.17 bits per heavy atom. The Morgan fingerprint density at radius 1 is 0.976 bits per heavy atom. The standard InChI is InChI=1S/C31H37Cl2N3O5S/c1-6-41-26-16-14-25(15-17-26)36(42(5,39)40)21-29(37)35(20-23-12-13-24(32)19-27(23)33)28(30(38)34-31(2,3)4)18-22-10-8-7-9-11-22/h7-17,19,28H,6,18,20-21H2,1-5H3,(H,34,38). The molecular weight excluding hydrogens is 597 g/mol. The van der Waals surface area contributed by atoms with Crippen LogP contribution in [0.5, 0.6) is 5.75 Å². The molecule has 3 aromatic rings. The topological polar surface area (TPSA) is 96.0 Å². The molecule has 0 spiro atoms. The molecule has 8 nitrogen and oxygen atoms in total. The van der Waals surface area contributed by atoms with Gasteiger partial charge in [-0.15, -0.1) is 0 Å². The molecule has 42 heavy (non-hydrogen) atoms. The average Bonchev–Trinajstić information content (AvgIpc) is 2.90. The molecule has 1 atom stereocenters. The molecule has 11 heteroatoms. The summed E-state index contributed by atoms with van der Waals surface area (Å²) in [5.41, 5.74) is 1.10. The highest BCUT2D eigenvalue weighted by atomic mass is 35.5. The molecule has 2 amide bonds. The van der Waals surface area contributed by atoms with Gasteiger partial charge in [0.25, 0.3) is 0 Å². The number of benzene rings is 3. The summed E-state index contributed by atoms with van der Waals surface area (Å²) >= 11 is 12.6. The second-order valence-electron chi connectivity index (χ2n) is 10.9. The van der Waals surface area contributed by atoms with Crippen molar-refractivity contribution in [2.75, 3.05) is 23.7 Å². The van der Waals surface area contributed by atoms with Crippen molar-refractivity contribution >= 4 is 50.7 Å². The van der Waals surface area contributed by atoms with Crippen molar-refractivity contribution in [2.24, 2.45) is 0 Å². The fourth-order valence-electron chi connectivity index (χ4n) is 4.33. The van der Waals surface area contributed by atoms with Gasteiger partial charge in [0, 0.05) is 28.5 Å². The Hall–Kier alpha value is -3.27. The molecule has 0 aliphatic carbocycles. The first-order valence-corrected chi connectivity index (χ1v) is 16.1. The number of halogens is 2. The van der Waals surface area contributed by atoms with E-state index in [0.717, 1.165) is 16.1 Å². The maximum absolute atomic E-state index is 14.2. The SMILES string of the molecule is CCOc1ccc(N(CC(=O)N(Cc2ccc(Cl)cc2Cl)C(Cc2ccccc2)C(=O)NC(C)(C)C)S(C)(=O)=O)cc1. The van der Waals surface area contributed by atoms with Crippen molar-refractivity contribution in [3.05, 3.63) is 94.0 Å². The Morgan fingerprint density at radius 2 is 1.62 bits per heavy atom. The zero-order chi connectivity index (χ0) is 31.1. The van der Waals surface area contributed by atoms with Crippen LogP contribution in [-0.4, -0.2) is 56.1 Å². The van der Waals surface area contributed by atoms with Gasteiger partial charge in [0.1, 0.15) is 18.3 Å². The predicted molar refractivity (Wildman–Crippen MR) is 169 cm³/mol. The highest BCUT2D eigenvalue weighted by Crippen LogP contribution is 2.26. The highest BCUT2D eigenvalue weighted by molar-refractivity contribution is 7.92. The third kappa shape index (κ3) is 9.64. The third-order valence-corrected chi connectivity index (χ3v) is 7.97. The van der Waals surface area contributed by atoms with Crippen LogP contribution in [0.2, 0.25) is 10.0 Å². The van der Waals surface area contributed by atoms with Crippen LogP contribution < -0.4 is 14.4 Å². The smallest absolute Gasteiger partial charge is 0.244 e. The molecule has 1 N–H and O–H groups in total. The summed E-state index contributed by atoms with van der Waals surface area (Å²) in [6, 6.07) is 19.7. The molecule has 0 aliphatic heterocycles. The van der Waals surface area contributed by atoms with Gasteiger partial charge in [-0.25, -0.2) is 8.42 Å². The molecule has 0 heterocycles. The van der Waals surface area contributed by atoms with Crippen molar-refractivity contribution < 1.29 is 22.7 Å². The van der Waals surface area contributed by atoms with Crippen molar-refractivity contribution in [1.82, 2.24) is 10.2 Å². The lowest BCUT2D eigenvalue weighted by Crippen LogP contribution is -2.56. The van der Waals surface area contributed by atoms with E-state index in [4.69, 9.17) is 27.9 Å². The van der Waals surface area contributed by atoms with Crippen molar-refractivity contribution in [3.8, 4) is 5.75 Å². The van der Waals surface area contributed by atoms with Gasteiger partial charge in [0.15, 0.2) is 0 Å². The van der Waals surface area contributed by atoms with Crippen LogP contribution in [-0.2, 0) is 32.6 Å². The first kappa shape index (κ1) is 33.2. The van der Waals surface area contributed by atoms with Gasteiger partial charge in [-0.1, -0.05) is 59.6 Å². The molecule has 0 saturated carbocycles. The molecular formula is C31H37Cl2N3O5S. The van der Waals surface area contributed by atoms with Crippen molar-refractivity contribution in [3.63, 3.8) is 0 Å². The first-order chi connectivity index (χ1) is 19.7. The van der Waals surface area contributed by atoms with E-state index in [1.165, 1.54) is 4.90 Å². The maximum atomic E-state index is 14.2. The zero-order valence-electron chi connectivity index (χ0n) is 24.4. The van der Waals surface area contributed by atoms with Crippen LogP contribution in [0.4, 0.5) is 5.69 Å². The number of ether oxygens (including phenoxy) is 1. The maximum Gasteiger partial charge on any atom is 0.244 e. The van der Waals surface area contributed by atoms with E-state index >= 15 is 0 Å². The van der Waals surface area contributed by atoms with Gasteiger partial charge >= 0.3 is 0 Å². The molecule has 1 unspecified atom stereocenters. The van der Waals surface area contributed by atoms with E-state index in [9.17, 15) is 18.0 Å². The molecule has 0 fully saturated rings. The first-order valence-electron chi connectivity index (χ1n) is 13.5. The largest absolute Gasteiger partial charge is 0.494 e. The second-order valence-corrected chi connectivity index (χ2v) is 13.6. The number of hydrogen-bond acceptors (Lipinski definition) is 5. The van der Waals surface area contributed by atoms with Crippen LogP contribution in [0.1, 0.15) is 38.8 Å². The van der Waals surface area contributed by atoms with Gasteiger partial charge in [0.2, 0.25) is 21.8 Å². The van der Waals surface area contributed by atoms with Crippen molar-refractivity contribution in [1.29, 1.82) is 0 Å². The zero-order valence-corrected chi connectivity index (χ0v) is 26.8. The molecule has 0 aromatic heterocycles. The number of carbonyl (C=O) groups excluding carboxylic acids is 2. The number of anilines is 1. The number of nitrogens with zero attached hydrogens (tertiary/aromatic N) is 2. The Labute approximate surface area is 258 Å². The van der Waals surface area contributed by atoms with Crippen LogP contribution in [0, 0.1) is 0 Å². The van der Waals surface area contributed by atoms with Gasteiger partial charge in [-0.3, -0.25) is 13.9 Å². The van der Waals surface area contributed by atoms with E-state index in [2.05, 4.69) is 5.32 Å². The summed E-state index contributed by atoms with van der Waals surface area (Å²) in [5, 5.41) is 3.73.